The van der Waals surface area contributed by atoms with Crippen molar-refractivity contribution in [2.24, 2.45) is 0 Å². The van der Waals surface area contributed by atoms with E-state index in [4.69, 9.17) is 21.1 Å². The van der Waals surface area contributed by atoms with Crippen LogP contribution < -0.4 is 20.1 Å². The summed E-state index contributed by atoms with van der Waals surface area (Å²) in [6, 6.07) is 11.2. The second-order valence-corrected chi connectivity index (χ2v) is 6.61. The molecule has 0 aliphatic heterocycles. The predicted molar refractivity (Wildman–Crippen MR) is 110 cm³/mol. The van der Waals surface area contributed by atoms with Crippen LogP contribution in [0, 0.1) is 0 Å². The maximum absolute atomic E-state index is 12.2. The topological polar surface area (TPSA) is 97.0 Å². The maximum atomic E-state index is 12.2. The summed E-state index contributed by atoms with van der Waals surface area (Å²) in [5.41, 5.74) is 0.755. The molecule has 2 aromatic carbocycles. The van der Waals surface area contributed by atoms with E-state index in [1.807, 2.05) is 0 Å². The maximum Gasteiger partial charge on any atom is 0.257 e. The number of rotatable bonds is 8. The number of ether oxygens (including phenoxy) is 2. The molecule has 0 saturated heterocycles. The zero-order valence-corrected chi connectivity index (χ0v) is 17.1. The molecule has 0 heterocycles. The SMILES string of the molecule is COc1ccc(C(=O)NC(=O)CN(C)CC(=O)Nc2cc(Cl)ccc2OC)cc1. The molecule has 29 heavy (non-hydrogen) atoms. The Morgan fingerprint density at radius 3 is 2.24 bits per heavy atom. The fraction of sp³-hybridized carbons (Fsp3) is 0.250. The second-order valence-electron chi connectivity index (χ2n) is 6.17. The van der Waals surface area contributed by atoms with Gasteiger partial charge in [-0.15, -0.1) is 0 Å². The number of amides is 3. The minimum absolute atomic E-state index is 0.0696. The summed E-state index contributed by atoms with van der Waals surface area (Å²) < 4.78 is 10.2. The lowest BCUT2D eigenvalue weighted by molar-refractivity contribution is -0.122. The van der Waals surface area contributed by atoms with Gasteiger partial charge in [0, 0.05) is 10.6 Å². The summed E-state index contributed by atoms with van der Waals surface area (Å²) in [5.74, 6) is -0.342. The van der Waals surface area contributed by atoms with Crippen LogP contribution in [0.3, 0.4) is 0 Å². The van der Waals surface area contributed by atoms with E-state index in [-0.39, 0.29) is 19.0 Å². The molecular weight excluding hydrogens is 398 g/mol. The van der Waals surface area contributed by atoms with Crippen LogP contribution in [0.1, 0.15) is 10.4 Å². The summed E-state index contributed by atoms with van der Waals surface area (Å²) >= 11 is 5.94. The van der Waals surface area contributed by atoms with Crippen molar-refractivity contribution in [1.82, 2.24) is 10.2 Å². The molecule has 2 N–H and O–H groups in total. The summed E-state index contributed by atoms with van der Waals surface area (Å²) in [6.45, 7) is -0.207. The first-order valence-electron chi connectivity index (χ1n) is 8.62. The molecule has 0 spiro atoms. The van der Waals surface area contributed by atoms with E-state index in [2.05, 4.69) is 10.6 Å². The highest BCUT2D eigenvalue weighted by Gasteiger charge is 2.15. The zero-order chi connectivity index (χ0) is 21.4. The van der Waals surface area contributed by atoms with Crippen molar-refractivity contribution in [2.75, 3.05) is 39.7 Å². The van der Waals surface area contributed by atoms with Crippen LogP contribution in [0.5, 0.6) is 11.5 Å². The van der Waals surface area contributed by atoms with Crippen molar-refractivity contribution in [2.45, 2.75) is 0 Å². The van der Waals surface area contributed by atoms with Gasteiger partial charge in [-0.05, 0) is 49.5 Å². The molecule has 0 radical (unpaired) electrons. The fourth-order valence-corrected chi connectivity index (χ4v) is 2.67. The predicted octanol–water partition coefficient (Wildman–Crippen LogP) is 2.18. The standard InChI is InChI=1S/C20H22ClN3O5/c1-24(11-18(25)22-16-10-14(21)6-9-17(16)29-3)12-19(26)23-20(27)13-4-7-15(28-2)8-5-13/h4-10H,11-12H2,1-3H3,(H,22,25)(H,23,26,27). The van der Waals surface area contributed by atoms with E-state index in [9.17, 15) is 14.4 Å². The van der Waals surface area contributed by atoms with E-state index < -0.39 is 11.8 Å². The lowest BCUT2D eigenvalue weighted by Crippen LogP contribution is -2.41. The van der Waals surface area contributed by atoms with Gasteiger partial charge in [0.15, 0.2) is 0 Å². The molecule has 9 heteroatoms. The molecule has 8 nitrogen and oxygen atoms in total. The first-order valence-corrected chi connectivity index (χ1v) is 9.00. The van der Waals surface area contributed by atoms with Crippen molar-refractivity contribution in [3.05, 3.63) is 53.1 Å². The number of nitrogens with one attached hydrogen (secondary N) is 2. The lowest BCUT2D eigenvalue weighted by Gasteiger charge is -2.16. The van der Waals surface area contributed by atoms with Gasteiger partial charge in [-0.1, -0.05) is 11.6 Å². The van der Waals surface area contributed by atoms with Crippen molar-refractivity contribution in [3.63, 3.8) is 0 Å². The van der Waals surface area contributed by atoms with E-state index >= 15 is 0 Å². The molecule has 2 rings (SSSR count). The molecule has 0 atom stereocenters. The van der Waals surface area contributed by atoms with Gasteiger partial charge in [0.1, 0.15) is 11.5 Å². The van der Waals surface area contributed by atoms with Gasteiger partial charge >= 0.3 is 0 Å². The monoisotopic (exact) mass is 419 g/mol. The first-order chi connectivity index (χ1) is 13.8. The number of methoxy groups -OCH3 is 2. The number of carbonyl (C=O) groups excluding carboxylic acids is 3. The third kappa shape index (κ3) is 6.78. The van der Waals surface area contributed by atoms with Crippen molar-refractivity contribution in [3.8, 4) is 11.5 Å². The van der Waals surface area contributed by atoms with E-state index in [0.29, 0.717) is 27.8 Å². The quantitative estimate of drug-likeness (QED) is 0.680. The molecule has 0 aliphatic carbocycles. The number of carbonyl (C=O) groups is 3. The van der Waals surface area contributed by atoms with Crippen molar-refractivity contribution in [1.29, 1.82) is 0 Å². The number of halogens is 1. The molecule has 0 saturated carbocycles. The molecule has 0 aliphatic rings. The van der Waals surface area contributed by atoms with Crippen LogP contribution in [0.25, 0.3) is 0 Å². The third-order valence-corrected chi connectivity index (χ3v) is 4.10. The Balaban J connectivity index is 1.85. The Hall–Kier alpha value is -3.10. The van der Waals surface area contributed by atoms with E-state index in [1.165, 1.54) is 19.1 Å². The summed E-state index contributed by atoms with van der Waals surface area (Å²) in [7, 11) is 4.59. The molecule has 0 fully saturated rings. The summed E-state index contributed by atoms with van der Waals surface area (Å²) in [5, 5.41) is 5.42. The molecule has 0 unspecified atom stereocenters. The molecule has 0 bridgehead atoms. The highest BCUT2D eigenvalue weighted by molar-refractivity contribution is 6.31. The summed E-state index contributed by atoms with van der Waals surface area (Å²) in [4.78, 5) is 37.9. The second kappa shape index (κ2) is 10.4. The summed E-state index contributed by atoms with van der Waals surface area (Å²) in [6.07, 6.45) is 0. The smallest absolute Gasteiger partial charge is 0.257 e. The van der Waals surface area contributed by atoms with Crippen LogP contribution >= 0.6 is 11.6 Å². The molecule has 154 valence electrons. The van der Waals surface area contributed by atoms with Gasteiger partial charge in [-0.2, -0.15) is 0 Å². The number of nitrogens with zero attached hydrogens (tertiary/aromatic N) is 1. The van der Waals surface area contributed by atoms with Crippen LogP contribution in [0.4, 0.5) is 5.69 Å². The Kier molecular flexibility index (Phi) is 7.99. The van der Waals surface area contributed by atoms with E-state index in [1.54, 1.807) is 49.5 Å². The van der Waals surface area contributed by atoms with Gasteiger partial charge in [0.2, 0.25) is 11.8 Å². The molecule has 2 aromatic rings. The first kappa shape index (κ1) is 22.2. The van der Waals surface area contributed by atoms with Crippen molar-refractivity contribution >= 4 is 35.0 Å². The normalized spacial score (nSPS) is 10.4. The number of hydrogen-bond acceptors (Lipinski definition) is 6. The van der Waals surface area contributed by atoms with Crippen LogP contribution in [0.15, 0.2) is 42.5 Å². The highest BCUT2D eigenvalue weighted by atomic mass is 35.5. The van der Waals surface area contributed by atoms with Crippen LogP contribution in [-0.4, -0.2) is 57.0 Å². The lowest BCUT2D eigenvalue weighted by atomic mass is 10.2. The molecular formula is C20H22ClN3O5. The number of likely N-dealkylation sites (N-methyl/N-ethyl adjacent to an activating group) is 1. The van der Waals surface area contributed by atoms with Crippen LogP contribution in [-0.2, 0) is 9.59 Å². The average molecular weight is 420 g/mol. The van der Waals surface area contributed by atoms with E-state index in [0.717, 1.165) is 0 Å². The Morgan fingerprint density at radius 2 is 1.62 bits per heavy atom. The van der Waals surface area contributed by atoms with Crippen molar-refractivity contribution < 1.29 is 23.9 Å². The Bertz CT molecular complexity index is 886. The highest BCUT2D eigenvalue weighted by Crippen LogP contribution is 2.27. The molecule has 0 aromatic heterocycles. The average Bonchev–Trinajstić information content (AvgIpc) is 2.67. The third-order valence-electron chi connectivity index (χ3n) is 3.87. The van der Waals surface area contributed by atoms with Crippen LogP contribution in [0.2, 0.25) is 5.02 Å². The number of benzene rings is 2. The van der Waals surface area contributed by atoms with Gasteiger partial charge in [-0.3, -0.25) is 24.6 Å². The fourth-order valence-electron chi connectivity index (χ4n) is 2.49. The van der Waals surface area contributed by atoms with Gasteiger partial charge < -0.3 is 14.8 Å². The largest absolute Gasteiger partial charge is 0.497 e. The number of hydrogen-bond donors (Lipinski definition) is 2. The number of anilines is 1. The minimum atomic E-state index is -0.529. The number of imide groups is 1. The van der Waals surface area contributed by atoms with Gasteiger partial charge in [-0.25, -0.2) is 0 Å². The Morgan fingerprint density at radius 1 is 0.966 bits per heavy atom. The minimum Gasteiger partial charge on any atom is -0.497 e. The molecule has 3 amide bonds. The Labute approximate surface area is 173 Å². The zero-order valence-electron chi connectivity index (χ0n) is 16.3. The van der Waals surface area contributed by atoms with Gasteiger partial charge in [0.25, 0.3) is 5.91 Å². The van der Waals surface area contributed by atoms with Gasteiger partial charge in [0.05, 0.1) is 33.0 Å².